The second-order valence-corrected chi connectivity index (χ2v) is 7.43. The highest BCUT2D eigenvalue weighted by molar-refractivity contribution is 6.31. The maximum atomic E-state index is 12.4. The smallest absolute Gasteiger partial charge is 0.258 e. The molecule has 1 N–H and O–H groups in total. The van der Waals surface area contributed by atoms with E-state index in [0.717, 1.165) is 24.2 Å². The summed E-state index contributed by atoms with van der Waals surface area (Å²) in [6.45, 7) is 7.52. The van der Waals surface area contributed by atoms with Gasteiger partial charge in [-0.2, -0.15) is 0 Å². The molecular formula is C22H27ClN2O3. The average Bonchev–Trinajstić information content (AvgIpc) is 2.71. The van der Waals surface area contributed by atoms with Crippen LogP contribution >= 0.6 is 11.6 Å². The standard InChI is InChI=1S/C22H27ClN2O3/c1-16-7-8-18(13-17(16)2)28-15-22(26)24-14-21(25-9-11-27-12-10-25)19-5-3-4-6-20(19)23/h3-8,13,21H,9-12,14-15H2,1-2H3,(H,24,26)/t21-/m0/s1. The number of morpholine rings is 1. The number of benzene rings is 2. The van der Waals surface area contributed by atoms with E-state index in [2.05, 4.69) is 10.2 Å². The number of carbonyl (C=O) groups is 1. The average molecular weight is 403 g/mol. The topological polar surface area (TPSA) is 50.8 Å². The van der Waals surface area contributed by atoms with E-state index >= 15 is 0 Å². The Morgan fingerprint density at radius 1 is 1.18 bits per heavy atom. The highest BCUT2D eigenvalue weighted by Crippen LogP contribution is 2.27. The molecule has 0 saturated carbocycles. The van der Waals surface area contributed by atoms with Gasteiger partial charge in [0, 0.05) is 24.7 Å². The van der Waals surface area contributed by atoms with Gasteiger partial charge in [0.1, 0.15) is 5.75 Å². The molecule has 2 aromatic carbocycles. The van der Waals surface area contributed by atoms with Crippen molar-refractivity contribution >= 4 is 17.5 Å². The SMILES string of the molecule is Cc1ccc(OCC(=O)NC[C@@H](c2ccccc2Cl)N2CCOCC2)cc1C. The van der Waals surface area contributed by atoms with Crippen LogP contribution in [0.25, 0.3) is 0 Å². The Morgan fingerprint density at radius 3 is 2.64 bits per heavy atom. The lowest BCUT2D eigenvalue weighted by atomic mass is 10.0. The van der Waals surface area contributed by atoms with Crippen LogP contribution in [0.2, 0.25) is 5.02 Å². The summed E-state index contributed by atoms with van der Waals surface area (Å²) in [4.78, 5) is 14.7. The predicted molar refractivity (Wildman–Crippen MR) is 111 cm³/mol. The minimum absolute atomic E-state index is 0.00293. The predicted octanol–water partition coefficient (Wildman–Crippen LogP) is 3.53. The van der Waals surface area contributed by atoms with Crippen LogP contribution in [0.15, 0.2) is 42.5 Å². The molecular weight excluding hydrogens is 376 g/mol. The number of aryl methyl sites for hydroxylation is 2. The van der Waals surface area contributed by atoms with Crippen LogP contribution in [0.3, 0.4) is 0 Å². The Hall–Kier alpha value is -2.08. The Balaban J connectivity index is 1.60. The van der Waals surface area contributed by atoms with Gasteiger partial charge in [-0.05, 0) is 48.7 Å². The molecule has 0 bridgehead atoms. The van der Waals surface area contributed by atoms with Crippen LogP contribution in [0.4, 0.5) is 0 Å². The fourth-order valence-corrected chi connectivity index (χ4v) is 3.55. The zero-order chi connectivity index (χ0) is 19.9. The Morgan fingerprint density at radius 2 is 1.93 bits per heavy atom. The second kappa shape index (κ2) is 9.92. The van der Waals surface area contributed by atoms with Crippen LogP contribution < -0.4 is 10.1 Å². The van der Waals surface area contributed by atoms with Gasteiger partial charge in [0.2, 0.25) is 0 Å². The molecule has 0 unspecified atom stereocenters. The molecule has 0 radical (unpaired) electrons. The molecule has 0 aromatic heterocycles. The molecule has 1 saturated heterocycles. The second-order valence-electron chi connectivity index (χ2n) is 7.02. The molecule has 5 nitrogen and oxygen atoms in total. The van der Waals surface area contributed by atoms with Crippen LogP contribution in [0.1, 0.15) is 22.7 Å². The number of rotatable bonds is 7. The summed E-state index contributed by atoms with van der Waals surface area (Å²) in [6, 6.07) is 13.6. The summed E-state index contributed by atoms with van der Waals surface area (Å²) in [5.74, 6) is 0.553. The van der Waals surface area contributed by atoms with E-state index in [1.54, 1.807) is 0 Å². The number of nitrogens with zero attached hydrogens (tertiary/aromatic N) is 1. The quantitative estimate of drug-likeness (QED) is 0.769. The number of nitrogens with one attached hydrogen (secondary N) is 1. The van der Waals surface area contributed by atoms with Crippen molar-refractivity contribution in [3.63, 3.8) is 0 Å². The van der Waals surface area contributed by atoms with Gasteiger partial charge in [0.05, 0.1) is 19.3 Å². The third-order valence-corrected chi connectivity index (χ3v) is 5.44. The summed E-state index contributed by atoms with van der Waals surface area (Å²) in [5.41, 5.74) is 3.36. The first kappa shape index (κ1) is 20.6. The van der Waals surface area contributed by atoms with E-state index in [9.17, 15) is 4.79 Å². The zero-order valence-corrected chi connectivity index (χ0v) is 17.2. The summed E-state index contributed by atoms with van der Waals surface area (Å²) in [6.07, 6.45) is 0. The van der Waals surface area contributed by atoms with Crippen LogP contribution in [0.5, 0.6) is 5.75 Å². The van der Waals surface area contributed by atoms with Crippen LogP contribution in [-0.2, 0) is 9.53 Å². The largest absolute Gasteiger partial charge is 0.484 e. The van der Waals surface area contributed by atoms with Gasteiger partial charge < -0.3 is 14.8 Å². The van der Waals surface area contributed by atoms with Gasteiger partial charge in [0.25, 0.3) is 5.91 Å². The van der Waals surface area contributed by atoms with Crippen LogP contribution in [0, 0.1) is 13.8 Å². The van der Waals surface area contributed by atoms with Crippen molar-refractivity contribution in [2.75, 3.05) is 39.5 Å². The highest BCUT2D eigenvalue weighted by atomic mass is 35.5. The van der Waals surface area contributed by atoms with Crippen molar-refractivity contribution in [1.82, 2.24) is 10.2 Å². The molecule has 3 rings (SSSR count). The summed E-state index contributed by atoms with van der Waals surface area (Å²) < 4.78 is 11.1. The first-order chi connectivity index (χ1) is 13.5. The number of halogens is 1. The summed E-state index contributed by atoms with van der Waals surface area (Å²) in [5, 5.41) is 3.70. The minimum atomic E-state index is -0.149. The van der Waals surface area contributed by atoms with E-state index in [0.29, 0.717) is 30.5 Å². The molecule has 1 heterocycles. The molecule has 0 aliphatic carbocycles. The lowest BCUT2D eigenvalue weighted by molar-refractivity contribution is -0.123. The third kappa shape index (κ3) is 5.47. The van der Waals surface area contributed by atoms with Gasteiger partial charge in [-0.25, -0.2) is 0 Å². The lowest BCUT2D eigenvalue weighted by Gasteiger charge is -2.35. The number of hydrogen-bond acceptors (Lipinski definition) is 4. The Kier molecular flexibility index (Phi) is 7.31. The first-order valence-electron chi connectivity index (χ1n) is 9.57. The molecule has 1 aliphatic rings. The van der Waals surface area contributed by atoms with Crippen molar-refractivity contribution in [1.29, 1.82) is 0 Å². The van der Waals surface area contributed by atoms with Gasteiger partial charge >= 0.3 is 0 Å². The molecule has 1 atom stereocenters. The third-order valence-electron chi connectivity index (χ3n) is 5.09. The van der Waals surface area contributed by atoms with Gasteiger partial charge in [-0.1, -0.05) is 35.9 Å². The maximum Gasteiger partial charge on any atom is 0.258 e. The zero-order valence-electron chi connectivity index (χ0n) is 16.4. The van der Waals surface area contributed by atoms with Gasteiger partial charge in [-0.15, -0.1) is 0 Å². The summed E-state index contributed by atoms with van der Waals surface area (Å²) >= 11 is 6.43. The van der Waals surface area contributed by atoms with E-state index in [-0.39, 0.29) is 18.6 Å². The Labute approximate surface area is 171 Å². The highest BCUT2D eigenvalue weighted by Gasteiger charge is 2.24. The number of hydrogen-bond donors (Lipinski definition) is 1. The minimum Gasteiger partial charge on any atom is -0.484 e. The molecule has 6 heteroatoms. The van der Waals surface area contributed by atoms with Crippen molar-refractivity contribution in [2.24, 2.45) is 0 Å². The van der Waals surface area contributed by atoms with E-state index in [1.807, 2.05) is 56.3 Å². The lowest BCUT2D eigenvalue weighted by Crippen LogP contribution is -2.44. The van der Waals surface area contributed by atoms with E-state index < -0.39 is 0 Å². The van der Waals surface area contributed by atoms with Crippen molar-refractivity contribution in [3.05, 3.63) is 64.2 Å². The normalized spacial score (nSPS) is 15.8. The molecule has 1 amide bonds. The first-order valence-corrected chi connectivity index (χ1v) is 9.95. The van der Waals surface area contributed by atoms with Crippen LogP contribution in [-0.4, -0.2) is 50.3 Å². The fraction of sp³-hybridized carbons (Fsp3) is 0.409. The monoisotopic (exact) mass is 402 g/mol. The van der Waals surface area contributed by atoms with Crippen molar-refractivity contribution in [3.8, 4) is 5.75 Å². The fourth-order valence-electron chi connectivity index (χ4n) is 3.28. The molecule has 1 aliphatic heterocycles. The van der Waals surface area contributed by atoms with E-state index in [4.69, 9.17) is 21.1 Å². The van der Waals surface area contributed by atoms with Gasteiger partial charge in [-0.3, -0.25) is 9.69 Å². The molecule has 1 fully saturated rings. The number of amides is 1. The molecule has 0 spiro atoms. The molecule has 150 valence electrons. The van der Waals surface area contributed by atoms with E-state index in [1.165, 1.54) is 5.56 Å². The Bertz CT molecular complexity index is 806. The summed E-state index contributed by atoms with van der Waals surface area (Å²) in [7, 11) is 0. The number of ether oxygens (including phenoxy) is 2. The van der Waals surface area contributed by atoms with Crippen molar-refractivity contribution < 1.29 is 14.3 Å². The van der Waals surface area contributed by atoms with Crippen molar-refractivity contribution in [2.45, 2.75) is 19.9 Å². The molecule has 28 heavy (non-hydrogen) atoms. The number of carbonyl (C=O) groups excluding carboxylic acids is 1. The van der Waals surface area contributed by atoms with Gasteiger partial charge in [0.15, 0.2) is 6.61 Å². The molecule has 2 aromatic rings. The maximum absolute atomic E-state index is 12.4.